The summed E-state index contributed by atoms with van der Waals surface area (Å²) in [6.45, 7) is 1.85. The summed E-state index contributed by atoms with van der Waals surface area (Å²) < 4.78 is 2.14. The number of halogens is 2. The molecule has 0 fully saturated rings. The molecule has 1 aromatic carbocycles. The molecular weight excluding hydrogens is 373 g/mol. The van der Waals surface area contributed by atoms with Crippen LogP contribution in [0.5, 0.6) is 0 Å². The van der Waals surface area contributed by atoms with Crippen LogP contribution in [0.25, 0.3) is 0 Å². The summed E-state index contributed by atoms with van der Waals surface area (Å²) in [6, 6.07) is 5.77. The molecule has 0 saturated carbocycles. The first-order chi connectivity index (χ1) is 6.99. The second kappa shape index (κ2) is 5.69. The molecule has 2 N–H and O–H groups in total. The van der Waals surface area contributed by atoms with Crippen LogP contribution in [0.4, 0.5) is 5.69 Å². The molecule has 3 nitrogen and oxygen atoms in total. The summed E-state index contributed by atoms with van der Waals surface area (Å²) in [4.78, 5) is 10.5. The van der Waals surface area contributed by atoms with E-state index in [9.17, 15) is 4.79 Å². The summed E-state index contributed by atoms with van der Waals surface area (Å²) in [5, 5.41) is 11.7. The molecule has 5 heteroatoms. The fourth-order valence-electron chi connectivity index (χ4n) is 1.18. The lowest BCUT2D eigenvalue weighted by Gasteiger charge is -2.13. The molecule has 0 radical (unpaired) electrons. The van der Waals surface area contributed by atoms with Gasteiger partial charge in [0, 0.05) is 19.8 Å². The van der Waals surface area contributed by atoms with E-state index in [0.29, 0.717) is 0 Å². The van der Waals surface area contributed by atoms with Crippen molar-refractivity contribution >= 4 is 50.2 Å². The zero-order valence-electron chi connectivity index (χ0n) is 8.13. The monoisotopic (exact) mass is 383 g/mol. The Morgan fingerprint density at radius 1 is 1.67 bits per heavy atom. The lowest BCUT2D eigenvalue weighted by atomic mass is 10.2. The highest BCUT2D eigenvalue weighted by Crippen LogP contribution is 2.23. The first-order valence-electron chi connectivity index (χ1n) is 4.42. The molecule has 1 unspecified atom stereocenters. The number of hydrogen-bond donors (Lipinski definition) is 2. The number of anilines is 1. The highest BCUT2D eigenvalue weighted by Gasteiger charge is 2.07. The summed E-state index contributed by atoms with van der Waals surface area (Å²) in [5.74, 6) is -0.790. The van der Waals surface area contributed by atoms with E-state index in [2.05, 4.69) is 43.8 Å². The van der Waals surface area contributed by atoms with Crippen molar-refractivity contribution in [3.05, 3.63) is 26.2 Å². The summed E-state index contributed by atoms with van der Waals surface area (Å²) >= 11 is 5.63. The Hall–Kier alpha value is -0.300. The molecule has 0 aliphatic heterocycles. The number of benzene rings is 1. The number of carboxylic acid groups (broad SMARTS) is 1. The van der Waals surface area contributed by atoms with E-state index in [1.165, 1.54) is 0 Å². The van der Waals surface area contributed by atoms with E-state index in [1.807, 2.05) is 25.1 Å². The van der Waals surface area contributed by atoms with Gasteiger partial charge in [-0.25, -0.2) is 0 Å². The molecule has 0 aromatic heterocycles. The van der Waals surface area contributed by atoms with Gasteiger partial charge in [0.2, 0.25) is 0 Å². The quantitative estimate of drug-likeness (QED) is 0.784. The van der Waals surface area contributed by atoms with Crippen molar-refractivity contribution in [3.63, 3.8) is 0 Å². The maximum atomic E-state index is 10.5. The van der Waals surface area contributed by atoms with E-state index in [1.54, 1.807) is 0 Å². The zero-order chi connectivity index (χ0) is 11.4. The van der Waals surface area contributed by atoms with Gasteiger partial charge < -0.3 is 10.4 Å². The number of hydrogen-bond acceptors (Lipinski definition) is 2. The van der Waals surface area contributed by atoms with Crippen molar-refractivity contribution in [2.24, 2.45) is 0 Å². The Morgan fingerprint density at radius 3 is 2.87 bits per heavy atom. The average molecular weight is 384 g/mol. The maximum absolute atomic E-state index is 10.5. The van der Waals surface area contributed by atoms with Gasteiger partial charge in [0.25, 0.3) is 0 Å². The highest BCUT2D eigenvalue weighted by molar-refractivity contribution is 14.1. The lowest BCUT2D eigenvalue weighted by Crippen LogP contribution is -2.19. The van der Waals surface area contributed by atoms with Crippen LogP contribution in [-0.4, -0.2) is 17.1 Å². The Kier molecular flexibility index (Phi) is 4.85. The standard InChI is InChI=1S/C10H11BrINO2/c1-6(4-10(14)15)13-7-2-3-8(11)9(12)5-7/h2-3,5-6,13H,4H2,1H3,(H,14,15). The molecule has 0 aliphatic rings. The van der Waals surface area contributed by atoms with Crippen molar-refractivity contribution in [3.8, 4) is 0 Å². The van der Waals surface area contributed by atoms with Gasteiger partial charge in [-0.15, -0.1) is 0 Å². The van der Waals surface area contributed by atoms with Gasteiger partial charge in [0.15, 0.2) is 0 Å². The first kappa shape index (κ1) is 12.8. The van der Waals surface area contributed by atoms with E-state index < -0.39 is 5.97 Å². The Bertz CT molecular complexity index is 370. The molecule has 82 valence electrons. The predicted octanol–water partition coefficient (Wildman–Crippen LogP) is 3.33. The van der Waals surface area contributed by atoms with Crippen molar-refractivity contribution in [2.45, 2.75) is 19.4 Å². The first-order valence-corrected chi connectivity index (χ1v) is 6.29. The van der Waals surface area contributed by atoms with Gasteiger partial charge in [-0.1, -0.05) is 0 Å². The van der Waals surface area contributed by atoms with Crippen molar-refractivity contribution in [2.75, 3.05) is 5.32 Å². The van der Waals surface area contributed by atoms with Crippen LogP contribution in [0.1, 0.15) is 13.3 Å². The third kappa shape index (κ3) is 4.38. The van der Waals surface area contributed by atoms with Crippen LogP contribution in [0.15, 0.2) is 22.7 Å². The van der Waals surface area contributed by atoms with Gasteiger partial charge in [0.05, 0.1) is 6.42 Å². The fraction of sp³-hybridized carbons (Fsp3) is 0.300. The molecule has 15 heavy (non-hydrogen) atoms. The van der Waals surface area contributed by atoms with Gasteiger partial charge in [-0.05, 0) is 63.6 Å². The minimum Gasteiger partial charge on any atom is -0.481 e. The molecule has 0 heterocycles. The normalized spacial score (nSPS) is 12.2. The molecule has 1 atom stereocenters. The van der Waals surface area contributed by atoms with Crippen LogP contribution in [0.2, 0.25) is 0 Å². The smallest absolute Gasteiger partial charge is 0.305 e. The van der Waals surface area contributed by atoms with E-state index in [4.69, 9.17) is 5.11 Å². The summed E-state index contributed by atoms with van der Waals surface area (Å²) in [6.07, 6.45) is 0.118. The fourth-order valence-corrected chi connectivity index (χ4v) is 1.95. The minimum atomic E-state index is -0.790. The van der Waals surface area contributed by atoms with Crippen LogP contribution in [0, 0.1) is 3.57 Å². The number of carbonyl (C=O) groups is 1. The van der Waals surface area contributed by atoms with Crippen molar-refractivity contribution in [1.82, 2.24) is 0 Å². The number of aliphatic carboxylic acids is 1. The molecule has 0 saturated heterocycles. The Morgan fingerprint density at radius 2 is 2.33 bits per heavy atom. The second-order valence-electron chi connectivity index (χ2n) is 3.27. The van der Waals surface area contributed by atoms with E-state index in [-0.39, 0.29) is 12.5 Å². The van der Waals surface area contributed by atoms with Gasteiger partial charge in [0.1, 0.15) is 0 Å². The zero-order valence-corrected chi connectivity index (χ0v) is 11.9. The second-order valence-corrected chi connectivity index (χ2v) is 5.29. The van der Waals surface area contributed by atoms with Crippen LogP contribution >= 0.6 is 38.5 Å². The summed E-state index contributed by atoms with van der Waals surface area (Å²) in [7, 11) is 0. The largest absolute Gasteiger partial charge is 0.481 e. The Labute approximate surface area is 111 Å². The SMILES string of the molecule is CC(CC(=O)O)Nc1ccc(Br)c(I)c1. The molecule has 0 amide bonds. The van der Waals surface area contributed by atoms with Crippen LogP contribution in [-0.2, 0) is 4.79 Å². The molecule has 1 aromatic rings. The molecular formula is C10H11BrINO2. The van der Waals surface area contributed by atoms with Crippen molar-refractivity contribution < 1.29 is 9.90 Å². The topological polar surface area (TPSA) is 49.3 Å². The molecule has 0 aliphatic carbocycles. The van der Waals surface area contributed by atoms with Crippen molar-refractivity contribution in [1.29, 1.82) is 0 Å². The van der Waals surface area contributed by atoms with Crippen LogP contribution in [0.3, 0.4) is 0 Å². The van der Waals surface area contributed by atoms with Gasteiger partial charge >= 0.3 is 5.97 Å². The number of nitrogens with one attached hydrogen (secondary N) is 1. The number of carboxylic acids is 1. The van der Waals surface area contributed by atoms with Gasteiger partial charge in [-0.2, -0.15) is 0 Å². The lowest BCUT2D eigenvalue weighted by molar-refractivity contribution is -0.137. The van der Waals surface area contributed by atoms with E-state index in [0.717, 1.165) is 13.7 Å². The Balaban J connectivity index is 2.64. The average Bonchev–Trinajstić information content (AvgIpc) is 2.10. The third-order valence-corrected chi connectivity index (χ3v) is 4.14. The van der Waals surface area contributed by atoms with Gasteiger partial charge in [-0.3, -0.25) is 4.79 Å². The van der Waals surface area contributed by atoms with Crippen LogP contribution < -0.4 is 5.32 Å². The third-order valence-electron chi connectivity index (χ3n) is 1.81. The molecule has 0 spiro atoms. The predicted molar refractivity (Wildman–Crippen MR) is 72.2 cm³/mol. The maximum Gasteiger partial charge on any atom is 0.305 e. The molecule has 0 bridgehead atoms. The highest BCUT2D eigenvalue weighted by atomic mass is 127. The summed E-state index contributed by atoms with van der Waals surface area (Å²) in [5.41, 5.74) is 0.941. The minimum absolute atomic E-state index is 0.0699. The molecule has 1 rings (SSSR count). The number of rotatable bonds is 4. The van der Waals surface area contributed by atoms with E-state index >= 15 is 0 Å².